The number of amides is 1. The van der Waals surface area contributed by atoms with E-state index in [1.807, 2.05) is 43.5 Å². The summed E-state index contributed by atoms with van der Waals surface area (Å²) in [5.74, 6) is 0.0731. The van der Waals surface area contributed by atoms with E-state index in [1.165, 1.54) is 19.3 Å². The van der Waals surface area contributed by atoms with Crippen LogP contribution in [0.3, 0.4) is 0 Å². The minimum absolute atomic E-state index is 0.0423. The molecule has 2 atom stereocenters. The monoisotopic (exact) mass is 386 g/mol. The highest BCUT2D eigenvalue weighted by atomic mass is 16.5. The summed E-state index contributed by atoms with van der Waals surface area (Å²) in [4.78, 5) is 17.6. The number of morpholine rings is 1. The zero-order valence-corrected chi connectivity index (χ0v) is 16.8. The molecule has 2 aliphatic heterocycles. The van der Waals surface area contributed by atoms with Gasteiger partial charge < -0.3 is 14.5 Å². The van der Waals surface area contributed by atoms with Crippen LogP contribution < -0.4 is 0 Å². The van der Waals surface area contributed by atoms with Crippen LogP contribution in [0.4, 0.5) is 0 Å². The van der Waals surface area contributed by atoms with Crippen molar-refractivity contribution in [2.45, 2.75) is 44.9 Å². The van der Waals surface area contributed by atoms with E-state index in [4.69, 9.17) is 4.74 Å². The number of carbonyl (C=O) groups excluding carboxylic acids is 1. The summed E-state index contributed by atoms with van der Waals surface area (Å²) in [5, 5.41) is 8.72. The molecule has 0 radical (unpaired) electrons. The fraction of sp³-hybridized carbons (Fsp3) is 0.650. The Balaban J connectivity index is 1.55. The van der Waals surface area contributed by atoms with Crippen molar-refractivity contribution in [2.24, 2.45) is 7.05 Å². The number of likely N-dealkylation sites (tertiary alicyclic amines) is 1. The number of rotatable bonds is 5. The van der Waals surface area contributed by atoms with Crippen LogP contribution in [0.5, 0.6) is 0 Å². The van der Waals surface area contributed by atoms with E-state index >= 15 is 0 Å². The molecule has 2 fully saturated rings. The van der Waals surface area contributed by atoms with Crippen molar-refractivity contribution in [3.63, 3.8) is 0 Å². The third-order valence-electron chi connectivity index (χ3n) is 5.70. The molecule has 0 saturated carbocycles. The molecule has 1 amide bonds. The number of ether oxygens (including phenoxy) is 1. The van der Waals surface area contributed by atoms with E-state index in [9.17, 15) is 4.79 Å². The maximum absolute atomic E-state index is 13.2. The average Bonchev–Trinajstić information content (AvgIpc) is 3.30. The predicted octanol–water partition coefficient (Wildman–Crippen LogP) is 1.38. The van der Waals surface area contributed by atoms with Crippen LogP contribution in [-0.2, 0) is 23.1 Å². The van der Waals surface area contributed by atoms with Crippen molar-refractivity contribution in [1.82, 2.24) is 29.4 Å². The largest absolute Gasteiger partial charge is 0.373 e. The number of hydrogen-bond donors (Lipinski definition) is 0. The van der Waals surface area contributed by atoms with Crippen molar-refractivity contribution in [1.29, 1.82) is 0 Å². The fourth-order valence-electron chi connectivity index (χ4n) is 4.33. The Morgan fingerprint density at radius 1 is 1.25 bits per heavy atom. The van der Waals surface area contributed by atoms with Crippen molar-refractivity contribution < 1.29 is 9.53 Å². The highest BCUT2D eigenvalue weighted by molar-refractivity contribution is 5.76. The molecular formula is C20H30N6O2. The zero-order chi connectivity index (χ0) is 19.5. The lowest BCUT2D eigenvalue weighted by Gasteiger charge is -2.43. The molecule has 8 heteroatoms. The van der Waals surface area contributed by atoms with Gasteiger partial charge in [0.2, 0.25) is 5.91 Å². The van der Waals surface area contributed by atoms with Gasteiger partial charge >= 0.3 is 0 Å². The van der Waals surface area contributed by atoms with Gasteiger partial charge in [-0.05, 0) is 38.9 Å². The van der Waals surface area contributed by atoms with Crippen molar-refractivity contribution in [3.8, 4) is 0 Å². The molecule has 4 rings (SSSR count). The van der Waals surface area contributed by atoms with E-state index < -0.39 is 0 Å². The molecule has 2 aliphatic rings. The van der Waals surface area contributed by atoms with E-state index in [-0.39, 0.29) is 24.6 Å². The molecule has 4 heterocycles. The Kier molecular flexibility index (Phi) is 5.77. The molecule has 28 heavy (non-hydrogen) atoms. The molecule has 0 N–H and O–H groups in total. The Labute approximate surface area is 166 Å². The third kappa shape index (κ3) is 4.28. The Bertz CT molecular complexity index is 794. The van der Waals surface area contributed by atoms with E-state index in [2.05, 4.69) is 15.1 Å². The minimum Gasteiger partial charge on any atom is -0.373 e. The van der Waals surface area contributed by atoms with E-state index in [1.54, 1.807) is 9.36 Å². The van der Waals surface area contributed by atoms with Gasteiger partial charge in [0, 0.05) is 38.1 Å². The van der Waals surface area contributed by atoms with Crippen LogP contribution in [0, 0.1) is 6.92 Å². The summed E-state index contributed by atoms with van der Waals surface area (Å²) >= 11 is 0. The fourth-order valence-corrected chi connectivity index (χ4v) is 4.33. The number of aryl methyl sites for hydroxylation is 2. The summed E-state index contributed by atoms with van der Waals surface area (Å²) in [5.41, 5.74) is 1.95. The normalized spacial score (nSPS) is 23.9. The van der Waals surface area contributed by atoms with Gasteiger partial charge in [-0.1, -0.05) is 6.42 Å². The second kappa shape index (κ2) is 8.45. The van der Waals surface area contributed by atoms with Crippen LogP contribution in [-0.4, -0.2) is 74.2 Å². The van der Waals surface area contributed by atoms with Gasteiger partial charge in [-0.25, -0.2) is 0 Å². The number of hydrogen-bond acceptors (Lipinski definition) is 5. The molecule has 152 valence electrons. The van der Waals surface area contributed by atoms with Crippen LogP contribution in [0.1, 0.15) is 36.6 Å². The summed E-state index contributed by atoms with van der Waals surface area (Å²) in [6.45, 7) is 6.42. The van der Waals surface area contributed by atoms with Gasteiger partial charge in [-0.15, -0.1) is 0 Å². The Morgan fingerprint density at radius 2 is 2.07 bits per heavy atom. The number of nitrogens with zero attached hydrogens (tertiary/aromatic N) is 6. The molecule has 0 aromatic carbocycles. The van der Waals surface area contributed by atoms with Gasteiger partial charge in [0.15, 0.2) is 0 Å². The van der Waals surface area contributed by atoms with E-state index in [0.717, 1.165) is 30.9 Å². The molecule has 0 bridgehead atoms. The number of aromatic nitrogens is 4. The van der Waals surface area contributed by atoms with Gasteiger partial charge in [0.25, 0.3) is 0 Å². The highest BCUT2D eigenvalue weighted by Crippen LogP contribution is 2.31. The lowest BCUT2D eigenvalue weighted by atomic mass is 9.99. The van der Waals surface area contributed by atoms with Gasteiger partial charge in [0.1, 0.15) is 6.54 Å². The zero-order valence-electron chi connectivity index (χ0n) is 16.8. The summed E-state index contributed by atoms with van der Waals surface area (Å²) in [7, 11) is 1.91. The molecule has 8 nitrogen and oxygen atoms in total. The quantitative estimate of drug-likeness (QED) is 0.777. The minimum atomic E-state index is -0.117. The molecule has 2 aromatic heterocycles. The van der Waals surface area contributed by atoms with Gasteiger partial charge in [-0.2, -0.15) is 10.2 Å². The first-order valence-electron chi connectivity index (χ1n) is 10.2. The maximum Gasteiger partial charge on any atom is 0.244 e. The first kappa shape index (κ1) is 19.1. The Hall–Kier alpha value is -2.19. The molecule has 0 aliphatic carbocycles. The van der Waals surface area contributed by atoms with E-state index in [0.29, 0.717) is 13.2 Å². The lowest BCUT2D eigenvalue weighted by Crippen LogP contribution is -2.53. The topological polar surface area (TPSA) is 68.4 Å². The summed E-state index contributed by atoms with van der Waals surface area (Å²) in [6, 6.07) is 1.80. The summed E-state index contributed by atoms with van der Waals surface area (Å²) in [6.07, 6.45) is 9.47. The smallest absolute Gasteiger partial charge is 0.244 e. The van der Waals surface area contributed by atoms with Gasteiger partial charge in [0.05, 0.1) is 30.6 Å². The molecule has 0 spiro atoms. The maximum atomic E-state index is 13.2. The number of piperidine rings is 1. The first-order valence-corrected chi connectivity index (χ1v) is 10.2. The Morgan fingerprint density at radius 3 is 2.75 bits per heavy atom. The average molecular weight is 387 g/mol. The van der Waals surface area contributed by atoms with Crippen LogP contribution in [0.2, 0.25) is 0 Å². The van der Waals surface area contributed by atoms with Crippen molar-refractivity contribution in [2.75, 3.05) is 32.8 Å². The molecule has 0 unspecified atom stereocenters. The highest BCUT2D eigenvalue weighted by Gasteiger charge is 2.38. The standard InChI is InChI=1S/C20H30N6O2/c1-16-6-9-25(22-16)15-19(27)26-10-11-28-18(14-24-7-4-3-5-8-24)20(26)17-12-21-23(2)13-17/h6,9,12-13,18,20H,3-5,7-8,10-11,14-15H2,1-2H3/t18-,20-/m0/s1. The van der Waals surface area contributed by atoms with Crippen LogP contribution in [0.15, 0.2) is 24.7 Å². The van der Waals surface area contributed by atoms with Gasteiger partial charge in [-0.3, -0.25) is 14.2 Å². The van der Waals surface area contributed by atoms with Crippen molar-refractivity contribution in [3.05, 3.63) is 35.9 Å². The predicted molar refractivity (Wildman–Crippen MR) is 105 cm³/mol. The third-order valence-corrected chi connectivity index (χ3v) is 5.70. The molecule has 2 aromatic rings. The molecule has 2 saturated heterocycles. The van der Waals surface area contributed by atoms with Crippen molar-refractivity contribution >= 4 is 5.91 Å². The van der Waals surface area contributed by atoms with Crippen LogP contribution in [0.25, 0.3) is 0 Å². The molecular weight excluding hydrogens is 356 g/mol. The van der Waals surface area contributed by atoms with Crippen LogP contribution >= 0.6 is 0 Å². The summed E-state index contributed by atoms with van der Waals surface area (Å²) < 4.78 is 9.71. The second-order valence-corrected chi connectivity index (χ2v) is 7.90. The second-order valence-electron chi connectivity index (χ2n) is 7.90. The lowest BCUT2D eigenvalue weighted by molar-refractivity contribution is -0.149. The first-order chi connectivity index (χ1) is 13.6. The number of carbonyl (C=O) groups is 1. The SMILES string of the molecule is Cc1ccn(CC(=O)N2CCO[C@@H](CN3CCCCC3)[C@@H]2c2cnn(C)c2)n1.